The maximum Gasteiger partial charge on any atom is 0.306 e. The number of carboxylic acid groups (broad SMARTS) is 1. The van der Waals surface area contributed by atoms with Crippen LogP contribution in [0.1, 0.15) is 78.7 Å². The van der Waals surface area contributed by atoms with Gasteiger partial charge in [-0.05, 0) is 151 Å². The van der Waals surface area contributed by atoms with Crippen molar-refractivity contribution in [2.24, 2.45) is 5.92 Å². The molecule has 342 valence electrons. The van der Waals surface area contributed by atoms with E-state index in [-0.39, 0.29) is 11.8 Å². The minimum Gasteiger partial charge on any atom is -0.481 e. The van der Waals surface area contributed by atoms with Crippen molar-refractivity contribution in [2.45, 2.75) is 90.4 Å². The number of para-hydroxylation sites is 1. The van der Waals surface area contributed by atoms with Crippen LogP contribution in [0.5, 0.6) is 0 Å². The lowest BCUT2D eigenvalue weighted by atomic mass is 9.98. The van der Waals surface area contributed by atoms with Gasteiger partial charge in [-0.15, -0.1) is 10.2 Å². The van der Waals surface area contributed by atoms with Gasteiger partial charge in [0.25, 0.3) is 0 Å². The number of fused-ring (bicyclic) bond motifs is 3. The fraction of sp³-hybridized carbons (Fsp3) is 0.574. The molecule has 16 nitrogen and oxygen atoms in total. The number of pyridine rings is 1. The second kappa shape index (κ2) is 23.1. The molecule has 10 rings (SSSR count). The molecule has 63 heavy (non-hydrogen) atoms. The van der Waals surface area contributed by atoms with Crippen LogP contribution < -0.4 is 10.2 Å². The molecule has 1 amide bonds. The molecule has 0 saturated carbocycles. The molecule has 0 radical (unpaired) electrons. The topological polar surface area (TPSA) is 159 Å². The lowest BCUT2D eigenvalue weighted by molar-refractivity contribution is -0.143. The van der Waals surface area contributed by atoms with Gasteiger partial charge in [-0.1, -0.05) is 24.3 Å². The molecule has 3 fully saturated rings. The van der Waals surface area contributed by atoms with E-state index in [2.05, 4.69) is 88.1 Å². The smallest absolute Gasteiger partial charge is 0.306 e. The van der Waals surface area contributed by atoms with Crippen molar-refractivity contribution in [1.82, 2.24) is 59.3 Å². The Morgan fingerprint density at radius 2 is 1.38 bits per heavy atom. The number of likely N-dealkylation sites (N-methyl/N-ethyl adjacent to an activating group) is 1. The van der Waals surface area contributed by atoms with E-state index in [0.29, 0.717) is 18.5 Å². The number of rotatable bonds is 5. The Labute approximate surface area is 373 Å². The van der Waals surface area contributed by atoms with Crippen LogP contribution in [0, 0.1) is 19.8 Å². The maximum atomic E-state index is 12.1. The van der Waals surface area contributed by atoms with Gasteiger partial charge in [-0.2, -0.15) is 5.10 Å². The minimum atomic E-state index is -0.631. The number of anilines is 1. The van der Waals surface area contributed by atoms with Gasteiger partial charge < -0.3 is 43.9 Å². The minimum absolute atomic E-state index is 0.0869. The van der Waals surface area contributed by atoms with E-state index in [0.717, 1.165) is 107 Å². The molecular formula is C47H71N13O3. The van der Waals surface area contributed by atoms with Crippen LogP contribution in [-0.2, 0) is 35.5 Å². The number of likely N-dealkylation sites (tertiary alicyclic amines) is 3. The first kappa shape index (κ1) is 47.5. The van der Waals surface area contributed by atoms with Crippen LogP contribution >= 0.6 is 0 Å². The molecule has 0 spiro atoms. The number of carbonyl (C=O) groups is 2. The van der Waals surface area contributed by atoms with E-state index in [9.17, 15) is 9.59 Å². The van der Waals surface area contributed by atoms with Gasteiger partial charge in [0.15, 0.2) is 0 Å². The van der Waals surface area contributed by atoms with Crippen molar-refractivity contribution >= 4 is 23.2 Å². The quantitative estimate of drug-likeness (QED) is 0.224. The number of hydrogen-bond donors (Lipinski definition) is 3. The number of nitrogens with one attached hydrogen (secondary N) is 2. The highest BCUT2D eigenvalue weighted by atomic mass is 16.4. The summed E-state index contributed by atoms with van der Waals surface area (Å²) < 4.78 is 4.31. The summed E-state index contributed by atoms with van der Waals surface area (Å²) in [7, 11) is 10.4. The first-order valence-electron chi connectivity index (χ1n) is 22.7. The average molecular weight is 866 g/mol. The van der Waals surface area contributed by atoms with E-state index in [4.69, 9.17) is 5.11 Å². The molecule has 3 saturated heterocycles. The number of H-pyrrole nitrogens is 1. The van der Waals surface area contributed by atoms with Crippen LogP contribution in [-0.4, -0.2) is 158 Å². The summed E-state index contributed by atoms with van der Waals surface area (Å²) in [6, 6.07) is 15.2. The van der Waals surface area contributed by atoms with Crippen molar-refractivity contribution in [1.29, 1.82) is 0 Å². The summed E-state index contributed by atoms with van der Waals surface area (Å²) in [6.07, 6.45) is 13.9. The zero-order valence-electron chi connectivity index (χ0n) is 38.7. The Morgan fingerprint density at radius 3 is 2.00 bits per heavy atom. The largest absolute Gasteiger partial charge is 0.481 e. The van der Waals surface area contributed by atoms with Crippen LogP contribution in [0.2, 0.25) is 0 Å². The number of nitrogens with zero attached hydrogens (tertiary/aromatic N) is 11. The lowest BCUT2D eigenvalue weighted by Gasteiger charge is -2.35. The van der Waals surface area contributed by atoms with Crippen molar-refractivity contribution in [3.05, 3.63) is 95.2 Å². The third kappa shape index (κ3) is 13.3. The average Bonchev–Trinajstić information content (AvgIpc) is 4.07. The van der Waals surface area contributed by atoms with Gasteiger partial charge in [0.1, 0.15) is 17.3 Å². The summed E-state index contributed by atoms with van der Waals surface area (Å²) >= 11 is 0. The number of aryl methyl sites for hydroxylation is 2. The zero-order chi connectivity index (χ0) is 44.9. The van der Waals surface area contributed by atoms with Crippen molar-refractivity contribution < 1.29 is 14.7 Å². The highest BCUT2D eigenvalue weighted by Gasteiger charge is 2.34. The van der Waals surface area contributed by atoms with E-state index in [1.54, 1.807) is 0 Å². The van der Waals surface area contributed by atoms with E-state index < -0.39 is 5.97 Å². The van der Waals surface area contributed by atoms with Crippen molar-refractivity contribution in [3.63, 3.8) is 0 Å². The summed E-state index contributed by atoms with van der Waals surface area (Å²) in [5.41, 5.74) is 7.08. The molecule has 16 heteroatoms. The number of hydrogen-bond acceptors (Lipinski definition) is 11. The standard InChI is InChI=1S/C14H18N2O.C10H18N4.C9H11N3.C7H11N3.C7H13NO2/c1-15-8-6-12(7-9-15)16-13-5-3-2-4-11(13)10-14(16)17;1-8-11-12-9(2)14(8)10-4-6-13(3)7-5-10;1-10-6-8-7-12-5-3-2-4-9(12)11-8;1-10-3-2-7-6(5-10)4-8-9-7;1-8-4-2-6(3-5-8)7(9)10/h2-5,12H,6-10H2,1H3;10H,4-7H2,1-3H3;2-5,7,10H,6H2,1H3;4H,2-3,5H2,1H3,(H,8,9);6H,2-5H2,1H3,(H,9,10). The molecule has 1 aromatic carbocycles. The molecule has 0 bridgehead atoms. The second-order valence-corrected chi connectivity index (χ2v) is 17.8. The number of aromatic amines is 1. The Morgan fingerprint density at radius 1 is 0.778 bits per heavy atom. The normalized spacial score (nSPS) is 19.1. The fourth-order valence-electron chi connectivity index (χ4n) is 9.06. The number of piperidine rings is 3. The molecular weight excluding hydrogens is 795 g/mol. The zero-order valence-corrected chi connectivity index (χ0v) is 38.7. The van der Waals surface area contributed by atoms with Crippen LogP contribution in [0.25, 0.3) is 5.65 Å². The number of amides is 1. The predicted molar refractivity (Wildman–Crippen MR) is 248 cm³/mol. The Bertz CT molecular complexity index is 2120. The van der Waals surface area contributed by atoms with Crippen molar-refractivity contribution in [3.8, 4) is 0 Å². The lowest BCUT2D eigenvalue weighted by Crippen LogP contribution is -2.45. The van der Waals surface area contributed by atoms with Gasteiger partial charge in [0, 0.05) is 67.5 Å². The molecule has 0 aliphatic carbocycles. The number of imidazole rings is 1. The van der Waals surface area contributed by atoms with E-state index >= 15 is 0 Å². The highest BCUT2D eigenvalue weighted by molar-refractivity contribution is 6.01. The Balaban J connectivity index is 0.000000133. The monoisotopic (exact) mass is 866 g/mol. The maximum absolute atomic E-state index is 12.1. The van der Waals surface area contributed by atoms with Gasteiger partial charge >= 0.3 is 5.97 Å². The molecule has 4 aromatic heterocycles. The molecule has 5 aliphatic heterocycles. The Kier molecular flexibility index (Phi) is 17.4. The fourth-order valence-corrected chi connectivity index (χ4v) is 9.06. The number of carbonyl (C=O) groups excluding carboxylic acids is 1. The summed E-state index contributed by atoms with van der Waals surface area (Å²) in [6.45, 7) is 13.5. The second-order valence-electron chi connectivity index (χ2n) is 17.8. The molecule has 5 aliphatic rings. The molecule has 3 N–H and O–H groups in total. The highest BCUT2D eigenvalue weighted by Crippen LogP contribution is 2.33. The van der Waals surface area contributed by atoms with Gasteiger partial charge in [-0.3, -0.25) is 14.7 Å². The molecule has 5 aromatic rings. The van der Waals surface area contributed by atoms with Gasteiger partial charge in [0.05, 0.1) is 24.2 Å². The van der Waals surface area contributed by atoms with Gasteiger partial charge in [0.2, 0.25) is 5.91 Å². The third-order valence-corrected chi connectivity index (χ3v) is 12.8. The molecule has 0 atom stereocenters. The third-order valence-electron chi connectivity index (χ3n) is 12.8. The summed E-state index contributed by atoms with van der Waals surface area (Å²) in [4.78, 5) is 38.2. The number of benzene rings is 1. The number of carboxylic acids is 1. The molecule has 9 heterocycles. The van der Waals surface area contributed by atoms with E-state index in [1.807, 2.05) is 86.2 Å². The first-order chi connectivity index (χ1) is 30.4. The summed E-state index contributed by atoms with van der Waals surface area (Å²) in [5.74, 6) is 1.67. The van der Waals surface area contributed by atoms with Crippen LogP contribution in [0.4, 0.5) is 5.69 Å². The number of aliphatic carboxylic acids is 1. The van der Waals surface area contributed by atoms with Crippen molar-refractivity contribution in [2.75, 3.05) is 86.0 Å². The first-order valence-corrected chi connectivity index (χ1v) is 22.7. The predicted octanol–water partition coefficient (Wildman–Crippen LogP) is 4.70. The Hall–Kier alpha value is -5.00. The van der Waals surface area contributed by atoms with Crippen LogP contribution in [0.15, 0.2) is 61.1 Å². The van der Waals surface area contributed by atoms with E-state index in [1.165, 1.54) is 42.8 Å². The molecule has 0 unspecified atom stereocenters. The van der Waals surface area contributed by atoms with Crippen LogP contribution in [0.3, 0.4) is 0 Å². The number of aromatic nitrogens is 7. The van der Waals surface area contributed by atoms with Gasteiger partial charge in [-0.25, -0.2) is 4.98 Å². The SMILES string of the molecule is CN1CCC(C(=O)O)CC1.CN1CCC(N2C(=O)Cc3ccccc32)CC1.CN1CCc2[nH]ncc2C1.CNCc1cn2ccccc2n1.Cc1nnc(C)n1C1CCN(C)CC1. The summed E-state index contributed by atoms with van der Waals surface area (Å²) in [5, 5.41) is 26.9.